The maximum absolute atomic E-state index is 13.0. The zero-order valence-corrected chi connectivity index (χ0v) is 13.2. The third kappa shape index (κ3) is 5.03. The van der Waals surface area contributed by atoms with Crippen LogP contribution in [0.5, 0.6) is 0 Å². The Kier molecular flexibility index (Phi) is 5.64. The van der Waals surface area contributed by atoms with Crippen LogP contribution in [0.2, 0.25) is 0 Å². The molecule has 0 saturated carbocycles. The minimum atomic E-state index is -0.586. The van der Waals surface area contributed by atoms with E-state index in [0.29, 0.717) is 0 Å². The molecule has 1 aromatic carbocycles. The first-order valence-corrected chi connectivity index (χ1v) is 7.69. The van der Waals surface area contributed by atoms with E-state index in [1.54, 1.807) is 12.3 Å². The summed E-state index contributed by atoms with van der Waals surface area (Å²) in [5, 5.41) is 4.12. The normalized spacial score (nSPS) is 10.3. The first-order chi connectivity index (χ1) is 11.0. The SMILES string of the molecule is Cc1csc(=O)n1CCC(=O)OCC(=O)Nc1cccc(F)c1. The van der Waals surface area contributed by atoms with Gasteiger partial charge in [0.25, 0.3) is 5.91 Å². The largest absolute Gasteiger partial charge is 0.456 e. The summed E-state index contributed by atoms with van der Waals surface area (Å²) in [4.78, 5) is 34.5. The summed E-state index contributed by atoms with van der Waals surface area (Å²) in [6.07, 6.45) is -0.00920. The van der Waals surface area contributed by atoms with Crippen molar-refractivity contribution in [3.63, 3.8) is 0 Å². The number of hydrogen-bond acceptors (Lipinski definition) is 5. The summed E-state index contributed by atoms with van der Waals surface area (Å²) in [5.41, 5.74) is 1.06. The molecule has 23 heavy (non-hydrogen) atoms. The number of rotatable bonds is 6. The van der Waals surface area contributed by atoms with Crippen molar-refractivity contribution in [3.8, 4) is 0 Å². The topological polar surface area (TPSA) is 77.4 Å². The smallest absolute Gasteiger partial charge is 0.308 e. The van der Waals surface area contributed by atoms with Crippen molar-refractivity contribution < 1.29 is 18.7 Å². The number of nitrogens with one attached hydrogen (secondary N) is 1. The molecule has 1 heterocycles. The van der Waals surface area contributed by atoms with E-state index in [-0.39, 0.29) is 23.5 Å². The van der Waals surface area contributed by atoms with Gasteiger partial charge in [-0.05, 0) is 25.1 Å². The minimum Gasteiger partial charge on any atom is -0.456 e. The first-order valence-electron chi connectivity index (χ1n) is 6.81. The zero-order chi connectivity index (χ0) is 16.8. The van der Waals surface area contributed by atoms with E-state index < -0.39 is 24.3 Å². The van der Waals surface area contributed by atoms with E-state index in [4.69, 9.17) is 4.74 Å². The summed E-state index contributed by atoms with van der Waals surface area (Å²) < 4.78 is 19.3. The first kappa shape index (κ1) is 16.9. The van der Waals surface area contributed by atoms with Gasteiger partial charge in [0.1, 0.15) is 5.82 Å². The average Bonchev–Trinajstić information content (AvgIpc) is 2.82. The number of anilines is 1. The maximum Gasteiger partial charge on any atom is 0.308 e. The van der Waals surface area contributed by atoms with E-state index in [9.17, 15) is 18.8 Å². The van der Waals surface area contributed by atoms with Crippen LogP contribution >= 0.6 is 11.3 Å². The molecule has 0 bridgehead atoms. The van der Waals surface area contributed by atoms with E-state index in [0.717, 1.165) is 23.1 Å². The molecule has 2 aromatic rings. The van der Waals surface area contributed by atoms with Crippen molar-refractivity contribution in [1.82, 2.24) is 4.57 Å². The molecule has 8 heteroatoms. The molecule has 1 amide bonds. The third-order valence-corrected chi connectivity index (χ3v) is 3.87. The summed E-state index contributed by atoms with van der Waals surface area (Å²) in [6.45, 7) is 1.51. The number of carbonyl (C=O) groups excluding carboxylic acids is 2. The van der Waals surface area contributed by atoms with Gasteiger partial charge in [-0.2, -0.15) is 0 Å². The van der Waals surface area contributed by atoms with Crippen LogP contribution in [0.4, 0.5) is 10.1 Å². The number of aromatic nitrogens is 1. The average molecular weight is 338 g/mol. The highest BCUT2D eigenvalue weighted by molar-refractivity contribution is 7.07. The molecule has 1 N–H and O–H groups in total. The predicted molar refractivity (Wildman–Crippen MR) is 83.9 cm³/mol. The fraction of sp³-hybridized carbons (Fsp3) is 0.267. The number of hydrogen-bond donors (Lipinski definition) is 1. The highest BCUT2D eigenvalue weighted by Crippen LogP contribution is 2.08. The summed E-state index contributed by atoms with van der Waals surface area (Å²) >= 11 is 1.06. The molecule has 0 aliphatic heterocycles. The zero-order valence-electron chi connectivity index (χ0n) is 12.4. The molecular formula is C15H15FN2O4S. The van der Waals surface area contributed by atoms with Crippen LogP contribution in [0.15, 0.2) is 34.4 Å². The molecule has 0 atom stereocenters. The third-order valence-electron chi connectivity index (χ3n) is 2.99. The van der Waals surface area contributed by atoms with Crippen molar-refractivity contribution >= 4 is 28.9 Å². The van der Waals surface area contributed by atoms with Crippen LogP contribution in [-0.2, 0) is 20.9 Å². The van der Waals surface area contributed by atoms with Gasteiger partial charge in [0, 0.05) is 23.3 Å². The quantitative estimate of drug-likeness (QED) is 0.817. The Morgan fingerprint density at radius 1 is 1.39 bits per heavy atom. The van der Waals surface area contributed by atoms with Crippen LogP contribution in [-0.4, -0.2) is 23.1 Å². The molecule has 2 rings (SSSR count). The van der Waals surface area contributed by atoms with Gasteiger partial charge in [-0.3, -0.25) is 14.4 Å². The predicted octanol–water partition coefficient (Wildman–Crippen LogP) is 1.93. The lowest BCUT2D eigenvalue weighted by Crippen LogP contribution is -2.22. The van der Waals surface area contributed by atoms with Crippen molar-refractivity contribution in [3.05, 3.63) is 50.8 Å². The van der Waals surface area contributed by atoms with Gasteiger partial charge in [-0.1, -0.05) is 17.4 Å². The van der Waals surface area contributed by atoms with Crippen LogP contribution in [0.3, 0.4) is 0 Å². The van der Waals surface area contributed by atoms with Crippen LogP contribution < -0.4 is 10.2 Å². The van der Waals surface area contributed by atoms with E-state index in [1.165, 1.54) is 22.8 Å². The number of benzene rings is 1. The molecule has 0 aliphatic carbocycles. The Balaban J connectivity index is 1.76. The maximum atomic E-state index is 13.0. The molecule has 0 fully saturated rings. The fourth-order valence-corrected chi connectivity index (χ4v) is 2.62. The fourth-order valence-electron chi connectivity index (χ4n) is 1.86. The lowest BCUT2D eigenvalue weighted by molar-refractivity contribution is -0.147. The number of ether oxygens (including phenoxy) is 1. The van der Waals surface area contributed by atoms with Gasteiger partial charge in [0.15, 0.2) is 6.61 Å². The number of thiazole rings is 1. The molecular weight excluding hydrogens is 323 g/mol. The Morgan fingerprint density at radius 3 is 2.83 bits per heavy atom. The molecule has 0 radical (unpaired) electrons. The van der Waals surface area contributed by atoms with Crippen LogP contribution in [0, 0.1) is 12.7 Å². The van der Waals surface area contributed by atoms with Gasteiger partial charge >= 0.3 is 10.8 Å². The van der Waals surface area contributed by atoms with Gasteiger partial charge in [0.05, 0.1) is 6.42 Å². The standard InChI is InChI=1S/C15H15FN2O4S/c1-10-9-23-15(21)18(10)6-5-14(20)22-8-13(19)17-12-4-2-3-11(16)7-12/h2-4,7,9H,5-6,8H2,1H3,(H,17,19). The van der Waals surface area contributed by atoms with Gasteiger partial charge < -0.3 is 14.6 Å². The Bertz CT molecular complexity index is 769. The second-order valence-corrected chi connectivity index (χ2v) is 5.58. The minimum absolute atomic E-state index is 0.00920. The highest BCUT2D eigenvalue weighted by Gasteiger charge is 2.10. The van der Waals surface area contributed by atoms with Crippen LogP contribution in [0.1, 0.15) is 12.1 Å². The number of halogens is 1. The molecule has 6 nitrogen and oxygen atoms in total. The van der Waals surface area contributed by atoms with E-state index in [2.05, 4.69) is 5.32 Å². The second-order valence-electron chi connectivity index (χ2n) is 4.76. The van der Waals surface area contributed by atoms with Crippen molar-refractivity contribution in [2.45, 2.75) is 19.9 Å². The monoisotopic (exact) mass is 338 g/mol. The number of aryl methyl sites for hydroxylation is 1. The van der Waals surface area contributed by atoms with Crippen molar-refractivity contribution in [1.29, 1.82) is 0 Å². The number of nitrogens with zero attached hydrogens (tertiary/aromatic N) is 1. The highest BCUT2D eigenvalue weighted by atomic mass is 32.1. The molecule has 122 valence electrons. The Hall–Kier alpha value is -2.48. The summed E-state index contributed by atoms with van der Waals surface area (Å²) in [6, 6.07) is 5.39. The molecule has 0 aliphatic rings. The Labute approximate surface area is 135 Å². The van der Waals surface area contributed by atoms with Crippen LogP contribution in [0.25, 0.3) is 0 Å². The molecule has 0 saturated heterocycles. The Morgan fingerprint density at radius 2 is 2.17 bits per heavy atom. The summed E-state index contributed by atoms with van der Waals surface area (Å²) in [7, 11) is 0. The van der Waals surface area contributed by atoms with Crippen molar-refractivity contribution in [2.75, 3.05) is 11.9 Å². The molecule has 0 spiro atoms. The number of amides is 1. The van der Waals surface area contributed by atoms with E-state index in [1.807, 2.05) is 0 Å². The van der Waals surface area contributed by atoms with Gasteiger partial charge in [-0.25, -0.2) is 4.39 Å². The second kappa shape index (κ2) is 7.68. The van der Waals surface area contributed by atoms with E-state index >= 15 is 0 Å². The summed E-state index contributed by atoms with van der Waals surface area (Å²) in [5.74, 6) is -1.62. The van der Waals surface area contributed by atoms with Gasteiger partial charge in [-0.15, -0.1) is 0 Å². The molecule has 0 unspecified atom stereocenters. The van der Waals surface area contributed by atoms with Crippen molar-refractivity contribution in [2.24, 2.45) is 0 Å². The number of carbonyl (C=O) groups is 2. The van der Waals surface area contributed by atoms with Gasteiger partial charge in [0.2, 0.25) is 0 Å². The number of esters is 1. The lowest BCUT2D eigenvalue weighted by atomic mass is 10.3. The lowest BCUT2D eigenvalue weighted by Gasteiger charge is -2.07. The molecule has 1 aromatic heterocycles.